The first-order valence-corrected chi connectivity index (χ1v) is 7.08. The van der Waals surface area contributed by atoms with Crippen molar-refractivity contribution in [3.63, 3.8) is 0 Å². The van der Waals surface area contributed by atoms with Gasteiger partial charge in [-0.1, -0.05) is 25.1 Å². The number of carboxylic acid groups (broad SMARTS) is 1. The van der Waals surface area contributed by atoms with Crippen LogP contribution in [0.2, 0.25) is 0 Å². The standard InChI is InChI=1S/C16H23NO2/c1-12(16(18)19)11-17(2)9-8-13-6-7-14-4-3-5-15(14)10-13/h6-7,10,12H,3-5,8-9,11H2,1-2H3,(H,18,19). The Morgan fingerprint density at radius 3 is 2.84 bits per heavy atom. The van der Waals surface area contributed by atoms with Crippen LogP contribution in [-0.4, -0.2) is 36.1 Å². The molecule has 19 heavy (non-hydrogen) atoms. The molecule has 0 aliphatic heterocycles. The minimum absolute atomic E-state index is 0.301. The van der Waals surface area contributed by atoms with Gasteiger partial charge >= 0.3 is 5.97 Å². The van der Waals surface area contributed by atoms with Crippen molar-refractivity contribution in [3.8, 4) is 0 Å². The molecule has 1 aromatic carbocycles. The predicted molar refractivity (Wildman–Crippen MR) is 76.5 cm³/mol. The normalized spacial score (nSPS) is 15.5. The van der Waals surface area contributed by atoms with E-state index in [0.717, 1.165) is 13.0 Å². The highest BCUT2D eigenvalue weighted by molar-refractivity contribution is 5.69. The number of likely N-dealkylation sites (N-methyl/N-ethyl adjacent to an activating group) is 1. The summed E-state index contributed by atoms with van der Waals surface area (Å²) < 4.78 is 0. The summed E-state index contributed by atoms with van der Waals surface area (Å²) >= 11 is 0. The molecule has 0 radical (unpaired) electrons. The van der Waals surface area contributed by atoms with Gasteiger partial charge in [0, 0.05) is 13.1 Å². The minimum atomic E-state index is -0.718. The molecule has 1 aromatic rings. The first-order valence-electron chi connectivity index (χ1n) is 7.08. The average Bonchev–Trinajstić information content (AvgIpc) is 2.83. The Labute approximate surface area is 115 Å². The van der Waals surface area contributed by atoms with E-state index in [2.05, 4.69) is 23.1 Å². The van der Waals surface area contributed by atoms with Gasteiger partial charge in [0.2, 0.25) is 0 Å². The fourth-order valence-corrected chi connectivity index (χ4v) is 2.74. The van der Waals surface area contributed by atoms with Gasteiger partial charge in [-0.15, -0.1) is 0 Å². The molecule has 0 bridgehead atoms. The zero-order valence-electron chi connectivity index (χ0n) is 11.9. The summed E-state index contributed by atoms with van der Waals surface area (Å²) in [4.78, 5) is 12.9. The van der Waals surface area contributed by atoms with E-state index in [0.29, 0.717) is 6.54 Å². The maximum atomic E-state index is 10.8. The molecule has 0 aromatic heterocycles. The molecule has 1 unspecified atom stereocenters. The topological polar surface area (TPSA) is 40.5 Å². The Morgan fingerprint density at radius 2 is 2.11 bits per heavy atom. The Morgan fingerprint density at radius 1 is 1.37 bits per heavy atom. The van der Waals surface area contributed by atoms with E-state index in [1.54, 1.807) is 6.92 Å². The number of nitrogens with zero attached hydrogens (tertiary/aromatic N) is 1. The molecule has 0 heterocycles. The van der Waals surface area contributed by atoms with Crippen molar-refractivity contribution in [3.05, 3.63) is 34.9 Å². The maximum Gasteiger partial charge on any atom is 0.307 e. The van der Waals surface area contributed by atoms with Crippen molar-refractivity contribution in [2.24, 2.45) is 5.92 Å². The summed E-state index contributed by atoms with van der Waals surface area (Å²) in [6.45, 7) is 3.28. The van der Waals surface area contributed by atoms with Gasteiger partial charge in [-0.3, -0.25) is 4.79 Å². The summed E-state index contributed by atoms with van der Waals surface area (Å²) in [5.74, 6) is -1.02. The number of benzene rings is 1. The van der Waals surface area contributed by atoms with Gasteiger partial charge in [0.05, 0.1) is 5.92 Å². The number of aliphatic carboxylic acids is 1. The van der Waals surface area contributed by atoms with Gasteiger partial charge < -0.3 is 10.0 Å². The lowest BCUT2D eigenvalue weighted by Crippen LogP contribution is -2.30. The van der Waals surface area contributed by atoms with E-state index in [9.17, 15) is 4.79 Å². The smallest absolute Gasteiger partial charge is 0.307 e. The third kappa shape index (κ3) is 3.80. The first kappa shape index (κ1) is 14.1. The Bertz CT molecular complexity index is 456. The summed E-state index contributed by atoms with van der Waals surface area (Å²) in [5, 5.41) is 8.90. The number of hydrogen-bond acceptors (Lipinski definition) is 2. The van der Waals surface area contributed by atoms with E-state index in [4.69, 9.17) is 5.11 Å². The molecule has 0 fully saturated rings. The molecular weight excluding hydrogens is 238 g/mol. The fourth-order valence-electron chi connectivity index (χ4n) is 2.74. The van der Waals surface area contributed by atoms with Crippen molar-refractivity contribution < 1.29 is 9.90 Å². The monoisotopic (exact) mass is 261 g/mol. The van der Waals surface area contributed by atoms with E-state index in [-0.39, 0.29) is 5.92 Å². The molecule has 1 N–H and O–H groups in total. The van der Waals surface area contributed by atoms with Crippen molar-refractivity contribution in [1.82, 2.24) is 4.90 Å². The Balaban J connectivity index is 1.83. The second-order valence-corrected chi connectivity index (χ2v) is 5.71. The molecule has 0 amide bonds. The van der Waals surface area contributed by atoms with Crippen molar-refractivity contribution >= 4 is 5.97 Å². The number of carboxylic acids is 1. The largest absolute Gasteiger partial charge is 0.481 e. The van der Waals surface area contributed by atoms with Crippen LogP contribution in [0.3, 0.4) is 0 Å². The van der Waals surface area contributed by atoms with Crippen LogP contribution in [-0.2, 0) is 24.1 Å². The van der Waals surface area contributed by atoms with Crippen LogP contribution in [0, 0.1) is 5.92 Å². The zero-order valence-corrected chi connectivity index (χ0v) is 11.9. The second-order valence-electron chi connectivity index (χ2n) is 5.71. The van der Waals surface area contributed by atoms with E-state index in [1.165, 1.54) is 36.0 Å². The number of carbonyl (C=O) groups is 1. The lowest BCUT2D eigenvalue weighted by atomic mass is 10.0. The van der Waals surface area contributed by atoms with Crippen LogP contribution < -0.4 is 0 Å². The summed E-state index contributed by atoms with van der Waals surface area (Å²) in [6.07, 6.45) is 4.73. The van der Waals surface area contributed by atoms with E-state index < -0.39 is 5.97 Å². The molecule has 0 saturated carbocycles. The maximum absolute atomic E-state index is 10.8. The molecule has 1 aliphatic rings. The van der Waals surface area contributed by atoms with Gasteiger partial charge in [0.25, 0.3) is 0 Å². The zero-order chi connectivity index (χ0) is 13.8. The second kappa shape index (κ2) is 6.20. The van der Waals surface area contributed by atoms with Crippen LogP contribution in [0.25, 0.3) is 0 Å². The van der Waals surface area contributed by atoms with E-state index in [1.807, 2.05) is 7.05 Å². The average molecular weight is 261 g/mol. The van der Waals surface area contributed by atoms with Gasteiger partial charge in [0.15, 0.2) is 0 Å². The highest BCUT2D eigenvalue weighted by atomic mass is 16.4. The van der Waals surface area contributed by atoms with Crippen molar-refractivity contribution in [2.75, 3.05) is 20.1 Å². The number of fused-ring (bicyclic) bond motifs is 1. The lowest BCUT2D eigenvalue weighted by Gasteiger charge is -2.19. The molecule has 3 heteroatoms. The Kier molecular flexibility index (Phi) is 4.59. The molecule has 1 aliphatic carbocycles. The number of rotatable bonds is 6. The molecule has 0 spiro atoms. The van der Waals surface area contributed by atoms with Gasteiger partial charge in [0.1, 0.15) is 0 Å². The van der Waals surface area contributed by atoms with Crippen LogP contribution in [0.4, 0.5) is 0 Å². The predicted octanol–water partition coefficient (Wildman–Crippen LogP) is 2.37. The number of aryl methyl sites for hydroxylation is 2. The van der Waals surface area contributed by atoms with E-state index >= 15 is 0 Å². The van der Waals surface area contributed by atoms with Crippen molar-refractivity contribution in [1.29, 1.82) is 0 Å². The van der Waals surface area contributed by atoms with Crippen LogP contribution in [0.5, 0.6) is 0 Å². The van der Waals surface area contributed by atoms with Crippen molar-refractivity contribution in [2.45, 2.75) is 32.6 Å². The Hall–Kier alpha value is -1.35. The van der Waals surface area contributed by atoms with Gasteiger partial charge in [-0.05, 0) is 49.4 Å². The molecule has 3 nitrogen and oxygen atoms in total. The molecule has 1 atom stereocenters. The molecule has 104 valence electrons. The van der Waals surface area contributed by atoms with Gasteiger partial charge in [-0.25, -0.2) is 0 Å². The molecule has 2 rings (SSSR count). The summed E-state index contributed by atoms with van der Waals surface area (Å²) in [5.41, 5.74) is 4.39. The summed E-state index contributed by atoms with van der Waals surface area (Å²) in [6, 6.07) is 6.81. The molecular formula is C16H23NO2. The number of hydrogen-bond donors (Lipinski definition) is 1. The third-order valence-corrected chi connectivity index (χ3v) is 3.95. The quantitative estimate of drug-likeness (QED) is 0.854. The van der Waals surface area contributed by atoms with Gasteiger partial charge in [-0.2, -0.15) is 0 Å². The lowest BCUT2D eigenvalue weighted by molar-refractivity contribution is -0.141. The first-order chi connectivity index (χ1) is 9.06. The molecule has 0 saturated heterocycles. The third-order valence-electron chi connectivity index (χ3n) is 3.95. The summed E-state index contributed by atoms with van der Waals surface area (Å²) in [7, 11) is 1.99. The highest BCUT2D eigenvalue weighted by Crippen LogP contribution is 2.23. The minimum Gasteiger partial charge on any atom is -0.481 e. The fraction of sp³-hybridized carbons (Fsp3) is 0.562. The van der Waals surface area contributed by atoms with Crippen LogP contribution in [0.15, 0.2) is 18.2 Å². The highest BCUT2D eigenvalue weighted by Gasteiger charge is 2.14. The SMILES string of the molecule is CC(CN(C)CCc1ccc2c(c1)CCC2)C(=O)O. The van der Waals surface area contributed by atoms with Crippen LogP contribution >= 0.6 is 0 Å². The van der Waals surface area contributed by atoms with Crippen LogP contribution in [0.1, 0.15) is 30.0 Å².